The number of Topliss-reactive ketones (excluding diaryl/α,β-unsaturated/α-hetero) is 1. The van der Waals surface area contributed by atoms with Gasteiger partial charge in [-0.05, 0) is 102 Å². The summed E-state index contributed by atoms with van der Waals surface area (Å²) in [5.74, 6) is -1.63. The molecule has 0 bridgehead atoms. The second-order valence-corrected chi connectivity index (χ2v) is 15.3. The van der Waals surface area contributed by atoms with Crippen LogP contribution in [-0.2, 0) is 30.7 Å². The molecule has 1 aromatic heterocycles. The Labute approximate surface area is 290 Å². The molecule has 0 saturated heterocycles. The molecule has 1 heterocycles. The van der Waals surface area contributed by atoms with E-state index in [0.717, 1.165) is 6.26 Å². The molecule has 0 aliphatic carbocycles. The minimum Gasteiger partial charge on any atom is -0.493 e. The van der Waals surface area contributed by atoms with Gasteiger partial charge < -0.3 is 24.6 Å². The number of benzene rings is 2. The molecule has 2 aromatic carbocycles. The number of aromatic nitrogens is 1. The average Bonchev–Trinajstić information content (AvgIpc) is 2.97. The molecule has 15 heteroatoms. The first-order valence-electron chi connectivity index (χ1n) is 15.1. The second kappa shape index (κ2) is 15.1. The van der Waals surface area contributed by atoms with Gasteiger partial charge in [-0.25, -0.2) is 22.6 Å². The minimum absolute atomic E-state index is 0.0714. The Morgan fingerprint density at radius 2 is 1.65 bits per heavy atom. The molecule has 2 amide bonds. The molecule has 49 heavy (non-hydrogen) atoms. The summed E-state index contributed by atoms with van der Waals surface area (Å²) in [5.41, 5.74) is -1.70. The van der Waals surface area contributed by atoms with E-state index in [1.54, 1.807) is 51.5 Å². The summed E-state index contributed by atoms with van der Waals surface area (Å²) in [4.78, 5) is 42.5. The SMILES string of the molecule is COc1cc(C(=O)CCC(C)(O)c2cc(C(C)(C)NC(=O)OC(C)(C)C)cc(-c3ccc(F)c(Cl)c3)n2)ccc1OCC(=O)NS(C)(=O)=O. The smallest absolute Gasteiger partial charge is 0.408 e. The summed E-state index contributed by atoms with van der Waals surface area (Å²) in [6.45, 7) is 9.60. The Balaban J connectivity index is 1.89. The van der Waals surface area contributed by atoms with Crippen LogP contribution < -0.4 is 19.5 Å². The normalized spacial score (nSPS) is 13.2. The Bertz CT molecular complexity index is 1840. The van der Waals surface area contributed by atoms with Crippen molar-refractivity contribution in [3.05, 3.63) is 76.2 Å². The summed E-state index contributed by atoms with van der Waals surface area (Å²) in [7, 11) is -2.43. The van der Waals surface area contributed by atoms with Gasteiger partial charge in [0.1, 0.15) is 17.0 Å². The standard InChI is InChI=1S/C34H41ClFN3O9S/c1-32(2,3)48-31(42)38-33(4,5)22-17-25(20-9-11-24(36)23(35)15-20)37-29(18-22)34(6,43)14-13-26(40)21-10-12-27(28(16-21)46-7)47-19-30(41)39-49(8,44)45/h9-12,15-18,43H,13-14,19H2,1-8H3,(H,38,42)(H,39,41). The zero-order valence-corrected chi connectivity index (χ0v) is 30.1. The molecule has 0 aliphatic heterocycles. The second-order valence-electron chi connectivity index (χ2n) is 13.2. The molecule has 3 N–H and O–H groups in total. The number of nitrogens with zero attached hydrogens (tertiary/aromatic N) is 1. The van der Waals surface area contributed by atoms with E-state index >= 15 is 0 Å². The topological polar surface area (TPSA) is 170 Å². The van der Waals surface area contributed by atoms with Crippen molar-refractivity contribution in [1.82, 2.24) is 15.0 Å². The van der Waals surface area contributed by atoms with E-state index in [9.17, 15) is 32.3 Å². The number of hydrogen-bond acceptors (Lipinski definition) is 10. The van der Waals surface area contributed by atoms with Crippen LogP contribution in [0.1, 0.15) is 76.0 Å². The van der Waals surface area contributed by atoms with Gasteiger partial charge in [-0.15, -0.1) is 0 Å². The maximum atomic E-state index is 14.0. The molecule has 3 rings (SSSR count). The highest BCUT2D eigenvalue weighted by Crippen LogP contribution is 2.34. The molecule has 12 nitrogen and oxygen atoms in total. The number of nitrogens with one attached hydrogen (secondary N) is 2. The molecule has 1 unspecified atom stereocenters. The molecule has 0 saturated carbocycles. The molecular formula is C34H41ClFN3O9S. The van der Waals surface area contributed by atoms with Crippen LogP contribution in [0.3, 0.4) is 0 Å². The van der Waals surface area contributed by atoms with E-state index < -0.39 is 51.2 Å². The number of ketones is 1. The van der Waals surface area contributed by atoms with E-state index in [4.69, 9.17) is 25.8 Å². The van der Waals surface area contributed by atoms with Crippen molar-refractivity contribution >= 4 is 39.4 Å². The number of carbonyl (C=O) groups is 3. The average molecular weight is 722 g/mol. The van der Waals surface area contributed by atoms with E-state index in [-0.39, 0.29) is 46.4 Å². The van der Waals surface area contributed by atoms with Crippen LogP contribution in [0.5, 0.6) is 11.5 Å². The first kappa shape index (κ1) is 39.2. The van der Waals surface area contributed by atoms with Gasteiger partial charge in [0, 0.05) is 17.5 Å². The van der Waals surface area contributed by atoms with E-state index in [1.165, 1.54) is 50.4 Å². The summed E-state index contributed by atoms with van der Waals surface area (Å²) >= 11 is 6.06. The van der Waals surface area contributed by atoms with Gasteiger partial charge in [0.05, 0.1) is 35.3 Å². The third-order valence-electron chi connectivity index (χ3n) is 7.11. The fourth-order valence-electron chi connectivity index (χ4n) is 4.57. The fourth-order valence-corrected chi connectivity index (χ4v) is 5.22. The van der Waals surface area contributed by atoms with Gasteiger partial charge in [-0.1, -0.05) is 11.6 Å². The van der Waals surface area contributed by atoms with Crippen molar-refractivity contribution in [2.75, 3.05) is 20.0 Å². The number of hydrogen-bond donors (Lipinski definition) is 3. The first-order valence-corrected chi connectivity index (χ1v) is 17.3. The highest BCUT2D eigenvalue weighted by molar-refractivity contribution is 7.89. The maximum Gasteiger partial charge on any atom is 0.408 e. The van der Waals surface area contributed by atoms with Crippen LogP contribution in [0.15, 0.2) is 48.5 Å². The van der Waals surface area contributed by atoms with Crippen LogP contribution in [0.4, 0.5) is 9.18 Å². The largest absolute Gasteiger partial charge is 0.493 e. The third-order valence-corrected chi connectivity index (χ3v) is 8.00. The predicted molar refractivity (Wildman–Crippen MR) is 182 cm³/mol. The predicted octanol–water partition coefficient (Wildman–Crippen LogP) is 5.63. The number of amides is 2. The Kier molecular flexibility index (Phi) is 12.1. The quantitative estimate of drug-likeness (QED) is 0.188. The number of rotatable bonds is 13. The number of methoxy groups -OCH3 is 1. The van der Waals surface area contributed by atoms with Gasteiger partial charge in [0.15, 0.2) is 23.9 Å². The first-order chi connectivity index (χ1) is 22.5. The van der Waals surface area contributed by atoms with Crippen LogP contribution >= 0.6 is 11.6 Å². The van der Waals surface area contributed by atoms with Gasteiger partial charge in [-0.3, -0.25) is 14.3 Å². The molecule has 0 aliphatic rings. The van der Waals surface area contributed by atoms with Gasteiger partial charge >= 0.3 is 6.09 Å². The highest BCUT2D eigenvalue weighted by atomic mass is 35.5. The van der Waals surface area contributed by atoms with Crippen LogP contribution in [-0.4, -0.2) is 61.9 Å². The highest BCUT2D eigenvalue weighted by Gasteiger charge is 2.32. The Morgan fingerprint density at radius 1 is 0.980 bits per heavy atom. The number of alkyl carbamates (subject to hydrolysis) is 1. The molecule has 3 aromatic rings. The lowest BCUT2D eigenvalue weighted by atomic mass is 9.87. The lowest BCUT2D eigenvalue weighted by Crippen LogP contribution is -2.44. The van der Waals surface area contributed by atoms with Crippen molar-refractivity contribution in [2.24, 2.45) is 0 Å². The molecule has 0 spiro atoms. The van der Waals surface area contributed by atoms with E-state index in [2.05, 4.69) is 10.3 Å². The van der Waals surface area contributed by atoms with Crippen molar-refractivity contribution in [2.45, 2.75) is 71.1 Å². The van der Waals surface area contributed by atoms with Crippen molar-refractivity contribution < 1.29 is 46.5 Å². The number of halogens is 2. The van der Waals surface area contributed by atoms with Crippen LogP contribution in [0.25, 0.3) is 11.3 Å². The Hall–Kier alpha value is -4.27. The Morgan fingerprint density at radius 3 is 2.24 bits per heavy atom. The van der Waals surface area contributed by atoms with Crippen LogP contribution in [0.2, 0.25) is 5.02 Å². The summed E-state index contributed by atoms with van der Waals surface area (Å²) in [6, 6.07) is 11.6. The van der Waals surface area contributed by atoms with E-state index in [1.807, 2.05) is 0 Å². The number of pyridine rings is 1. The molecule has 0 fully saturated rings. The molecular weight excluding hydrogens is 681 g/mol. The summed E-state index contributed by atoms with van der Waals surface area (Å²) in [5, 5.41) is 14.4. The molecule has 0 radical (unpaired) electrons. The van der Waals surface area contributed by atoms with E-state index in [0.29, 0.717) is 16.8 Å². The monoisotopic (exact) mass is 721 g/mol. The third kappa shape index (κ3) is 11.4. The van der Waals surface area contributed by atoms with Crippen molar-refractivity contribution in [3.8, 4) is 22.8 Å². The van der Waals surface area contributed by atoms with Gasteiger partial charge in [0.2, 0.25) is 10.0 Å². The zero-order chi connectivity index (χ0) is 36.9. The fraction of sp³-hybridized carbons (Fsp3) is 0.412. The molecule has 266 valence electrons. The lowest BCUT2D eigenvalue weighted by molar-refractivity contribution is -0.121. The number of sulfonamides is 1. The number of carbonyl (C=O) groups excluding carboxylic acids is 3. The summed E-state index contributed by atoms with van der Waals surface area (Å²) < 4.78 is 54.4. The number of aliphatic hydroxyl groups is 1. The van der Waals surface area contributed by atoms with Gasteiger partial charge in [0.25, 0.3) is 5.91 Å². The van der Waals surface area contributed by atoms with Gasteiger partial charge in [-0.2, -0.15) is 0 Å². The molecule has 1 atom stereocenters. The minimum atomic E-state index is -3.76. The maximum absolute atomic E-state index is 14.0. The summed E-state index contributed by atoms with van der Waals surface area (Å²) in [6.07, 6.45) is -0.0288. The van der Waals surface area contributed by atoms with Crippen LogP contribution in [0, 0.1) is 5.82 Å². The lowest BCUT2D eigenvalue weighted by Gasteiger charge is -2.31. The van der Waals surface area contributed by atoms with Crippen molar-refractivity contribution in [3.63, 3.8) is 0 Å². The zero-order valence-electron chi connectivity index (χ0n) is 28.6. The van der Waals surface area contributed by atoms with Crippen molar-refractivity contribution in [1.29, 1.82) is 0 Å². The number of ether oxygens (including phenoxy) is 3.